The van der Waals surface area contributed by atoms with Crippen molar-refractivity contribution in [1.29, 1.82) is 0 Å². The number of hydrogen-bond donors (Lipinski definition) is 0. The Morgan fingerprint density at radius 1 is 1.19 bits per heavy atom. The van der Waals surface area contributed by atoms with E-state index in [0.29, 0.717) is 17.7 Å². The van der Waals surface area contributed by atoms with Gasteiger partial charge in [-0.1, -0.05) is 0 Å². The number of hydrogen-bond acceptors (Lipinski definition) is 4. The van der Waals surface area contributed by atoms with Crippen molar-refractivity contribution in [3.63, 3.8) is 0 Å². The molecule has 0 saturated carbocycles. The quantitative estimate of drug-likeness (QED) is 0.793. The summed E-state index contributed by atoms with van der Waals surface area (Å²) in [5, 5.41) is 0.784. The maximum absolute atomic E-state index is 12.0. The zero-order chi connectivity index (χ0) is 15.6. The lowest BCUT2D eigenvalue weighted by Crippen LogP contribution is -2.23. The van der Waals surface area contributed by atoms with E-state index in [1.807, 2.05) is 20.8 Å². The molecular formula is C16H19NO4. The normalized spacial score (nSPS) is 11.4. The summed E-state index contributed by atoms with van der Waals surface area (Å²) in [4.78, 5) is 23.8. The second-order valence-corrected chi connectivity index (χ2v) is 5.66. The number of benzene rings is 1. The average molecular weight is 289 g/mol. The van der Waals surface area contributed by atoms with Gasteiger partial charge in [-0.05, 0) is 52.0 Å². The summed E-state index contributed by atoms with van der Waals surface area (Å²) in [6.07, 6.45) is 1.19. The van der Waals surface area contributed by atoms with Crippen molar-refractivity contribution in [2.45, 2.75) is 33.3 Å². The Balaban J connectivity index is 2.32. The summed E-state index contributed by atoms with van der Waals surface area (Å²) >= 11 is 0. The first-order chi connectivity index (χ1) is 9.81. The first-order valence-corrected chi connectivity index (χ1v) is 6.83. The van der Waals surface area contributed by atoms with Gasteiger partial charge in [-0.2, -0.15) is 0 Å². The molecule has 5 heteroatoms. The summed E-state index contributed by atoms with van der Waals surface area (Å²) < 4.78 is 11.7. The molecule has 1 aromatic heterocycles. The van der Waals surface area contributed by atoms with E-state index in [4.69, 9.17) is 9.47 Å². The fourth-order valence-corrected chi connectivity index (χ4v) is 1.96. The average Bonchev–Trinajstić information content (AvgIpc) is 2.79. The van der Waals surface area contributed by atoms with Crippen LogP contribution in [0.3, 0.4) is 0 Å². The van der Waals surface area contributed by atoms with Crippen molar-refractivity contribution in [1.82, 2.24) is 4.57 Å². The number of ether oxygens (including phenoxy) is 2. The van der Waals surface area contributed by atoms with Crippen molar-refractivity contribution in [2.75, 3.05) is 6.61 Å². The molecule has 0 saturated heterocycles. The highest BCUT2D eigenvalue weighted by atomic mass is 16.6. The number of nitrogens with zero attached hydrogens (tertiary/aromatic N) is 1. The Labute approximate surface area is 123 Å². The first-order valence-electron chi connectivity index (χ1n) is 6.83. The number of aromatic nitrogens is 1. The van der Waals surface area contributed by atoms with Crippen LogP contribution in [0.25, 0.3) is 10.9 Å². The number of carbonyl (C=O) groups is 2. The molecule has 0 amide bonds. The molecule has 21 heavy (non-hydrogen) atoms. The predicted molar refractivity (Wildman–Crippen MR) is 79.5 cm³/mol. The number of esters is 1. The molecule has 5 nitrogen and oxygen atoms in total. The monoisotopic (exact) mass is 289 g/mol. The molecule has 0 unspecified atom stereocenters. The van der Waals surface area contributed by atoms with Crippen LogP contribution >= 0.6 is 0 Å². The molecule has 0 spiro atoms. The molecule has 0 radical (unpaired) electrons. The molecular weight excluding hydrogens is 270 g/mol. The zero-order valence-corrected chi connectivity index (χ0v) is 12.7. The van der Waals surface area contributed by atoms with Crippen LogP contribution in [0, 0.1) is 0 Å². The molecule has 1 heterocycles. The molecule has 0 bridgehead atoms. The van der Waals surface area contributed by atoms with Crippen LogP contribution < -0.4 is 0 Å². The van der Waals surface area contributed by atoms with Crippen LogP contribution in [0.1, 0.15) is 38.1 Å². The summed E-state index contributed by atoms with van der Waals surface area (Å²) in [5.41, 5.74) is 0.614. The molecule has 0 aliphatic heterocycles. The van der Waals surface area contributed by atoms with Gasteiger partial charge in [0.25, 0.3) is 0 Å². The molecule has 0 atom stereocenters. The maximum Gasteiger partial charge on any atom is 0.418 e. The second-order valence-electron chi connectivity index (χ2n) is 5.66. The van der Waals surface area contributed by atoms with Crippen LogP contribution in [0.2, 0.25) is 0 Å². The third kappa shape index (κ3) is 3.42. The largest absolute Gasteiger partial charge is 0.456 e. The highest BCUT2D eigenvalue weighted by Gasteiger charge is 2.19. The summed E-state index contributed by atoms with van der Waals surface area (Å²) in [6, 6.07) is 6.83. The second kappa shape index (κ2) is 5.60. The molecule has 0 fully saturated rings. The Morgan fingerprint density at radius 3 is 2.52 bits per heavy atom. The Morgan fingerprint density at radius 2 is 1.90 bits per heavy atom. The SMILES string of the molecule is CCOC(=O)n1ccc2cc(C(=O)OC(C)(C)C)ccc21. The van der Waals surface area contributed by atoms with Gasteiger partial charge in [0.05, 0.1) is 17.7 Å². The van der Waals surface area contributed by atoms with Crippen molar-refractivity contribution in [3.05, 3.63) is 36.0 Å². The lowest BCUT2D eigenvalue weighted by atomic mass is 10.1. The van der Waals surface area contributed by atoms with E-state index in [2.05, 4.69) is 0 Å². The van der Waals surface area contributed by atoms with Crippen LogP contribution in [-0.2, 0) is 9.47 Å². The third-order valence-electron chi connectivity index (χ3n) is 2.79. The van der Waals surface area contributed by atoms with E-state index in [9.17, 15) is 9.59 Å². The molecule has 2 aromatic rings. The smallest absolute Gasteiger partial charge is 0.418 e. The minimum atomic E-state index is -0.539. The van der Waals surface area contributed by atoms with Gasteiger partial charge in [-0.25, -0.2) is 9.59 Å². The van der Waals surface area contributed by atoms with Crippen molar-refractivity contribution in [3.8, 4) is 0 Å². The topological polar surface area (TPSA) is 57.5 Å². The van der Waals surface area contributed by atoms with Crippen molar-refractivity contribution in [2.24, 2.45) is 0 Å². The lowest BCUT2D eigenvalue weighted by Gasteiger charge is -2.19. The van der Waals surface area contributed by atoms with Crippen molar-refractivity contribution < 1.29 is 19.1 Å². The molecule has 1 aromatic carbocycles. The third-order valence-corrected chi connectivity index (χ3v) is 2.79. The van der Waals surface area contributed by atoms with Gasteiger partial charge < -0.3 is 9.47 Å². The molecule has 112 valence electrons. The fraction of sp³-hybridized carbons (Fsp3) is 0.375. The molecule has 0 aliphatic rings. The summed E-state index contributed by atoms with van der Waals surface area (Å²) in [6.45, 7) is 7.53. The zero-order valence-electron chi connectivity index (χ0n) is 12.7. The van der Waals surface area contributed by atoms with E-state index in [0.717, 1.165) is 5.39 Å². The van der Waals surface area contributed by atoms with Crippen molar-refractivity contribution >= 4 is 23.0 Å². The van der Waals surface area contributed by atoms with E-state index in [1.54, 1.807) is 37.4 Å². The standard InChI is InChI=1S/C16H19NO4/c1-5-20-15(19)17-9-8-11-10-12(6-7-13(11)17)14(18)21-16(2,3)4/h6-10H,5H2,1-4H3. The Hall–Kier alpha value is -2.30. The first kappa shape index (κ1) is 15.1. The number of fused-ring (bicyclic) bond motifs is 1. The fourth-order valence-electron chi connectivity index (χ4n) is 1.96. The minimum Gasteiger partial charge on any atom is -0.456 e. The van der Waals surface area contributed by atoms with Crippen LogP contribution in [0.15, 0.2) is 30.5 Å². The van der Waals surface area contributed by atoms with Gasteiger partial charge >= 0.3 is 12.1 Å². The van der Waals surface area contributed by atoms with Gasteiger partial charge in [0.2, 0.25) is 0 Å². The van der Waals surface area contributed by atoms with Crippen LogP contribution in [0.4, 0.5) is 4.79 Å². The summed E-state index contributed by atoms with van der Waals surface area (Å²) in [7, 11) is 0. The minimum absolute atomic E-state index is 0.314. The van der Waals surface area contributed by atoms with Gasteiger partial charge in [-0.3, -0.25) is 4.57 Å². The molecule has 0 aliphatic carbocycles. The highest BCUT2D eigenvalue weighted by Crippen LogP contribution is 2.20. The summed E-state index contributed by atoms with van der Waals surface area (Å²) in [5.74, 6) is -0.381. The number of rotatable bonds is 2. The maximum atomic E-state index is 12.0. The predicted octanol–water partition coefficient (Wildman–Crippen LogP) is 3.60. The van der Waals surface area contributed by atoms with E-state index in [-0.39, 0.29) is 5.97 Å². The molecule has 2 rings (SSSR count). The molecule has 0 N–H and O–H groups in total. The van der Waals surface area contributed by atoms with Crippen LogP contribution in [-0.4, -0.2) is 28.8 Å². The van der Waals surface area contributed by atoms with Gasteiger partial charge in [0.1, 0.15) is 5.60 Å². The van der Waals surface area contributed by atoms with E-state index < -0.39 is 11.7 Å². The highest BCUT2D eigenvalue weighted by molar-refractivity contribution is 5.97. The van der Waals surface area contributed by atoms with Gasteiger partial charge in [-0.15, -0.1) is 0 Å². The Kier molecular flexibility index (Phi) is 4.02. The van der Waals surface area contributed by atoms with Gasteiger partial charge in [0.15, 0.2) is 0 Å². The lowest BCUT2D eigenvalue weighted by molar-refractivity contribution is 0.00697. The van der Waals surface area contributed by atoms with E-state index >= 15 is 0 Å². The number of carbonyl (C=O) groups excluding carboxylic acids is 2. The van der Waals surface area contributed by atoms with E-state index in [1.165, 1.54) is 4.57 Å². The Bertz CT molecular complexity index is 679. The van der Waals surface area contributed by atoms with Crippen LogP contribution in [0.5, 0.6) is 0 Å². The van der Waals surface area contributed by atoms with Gasteiger partial charge in [0, 0.05) is 11.6 Å².